The summed E-state index contributed by atoms with van der Waals surface area (Å²) < 4.78 is 10.3. The van der Waals surface area contributed by atoms with E-state index < -0.39 is 0 Å². The highest BCUT2D eigenvalue weighted by Crippen LogP contribution is 2.29. The lowest BCUT2D eigenvalue weighted by atomic mass is 10.0. The molecule has 0 bridgehead atoms. The van der Waals surface area contributed by atoms with Crippen molar-refractivity contribution in [3.05, 3.63) is 42.5 Å². The van der Waals surface area contributed by atoms with Crippen LogP contribution >= 0.6 is 0 Å². The molecule has 0 unspecified atom stereocenters. The Labute approximate surface area is 101 Å². The van der Waals surface area contributed by atoms with Crippen LogP contribution in [0, 0.1) is 0 Å². The molecule has 17 heavy (non-hydrogen) atoms. The predicted molar refractivity (Wildman–Crippen MR) is 69.4 cm³/mol. The van der Waals surface area contributed by atoms with Crippen molar-refractivity contribution in [2.45, 2.75) is 0 Å². The van der Waals surface area contributed by atoms with Crippen LogP contribution in [-0.4, -0.2) is 14.2 Å². The van der Waals surface area contributed by atoms with E-state index in [2.05, 4.69) is 0 Å². The van der Waals surface area contributed by atoms with Crippen molar-refractivity contribution >= 4 is 5.69 Å². The number of hydrogen-bond acceptors (Lipinski definition) is 3. The summed E-state index contributed by atoms with van der Waals surface area (Å²) >= 11 is 0. The fourth-order valence-electron chi connectivity index (χ4n) is 1.72. The van der Waals surface area contributed by atoms with Crippen molar-refractivity contribution in [1.82, 2.24) is 0 Å². The van der Waals surface area contributed by atoms with Crippen molar-refractivity contribution in [2.24, 2.45) is 0 Å². The van der Waals surface area contributed by atoms with Crippen LogP contribution in [0.4, 0.5) is 5.69 Å². The summed E-state index contributed by atoms with van der Waals surface area (Å²) in [5, 5.41) is 0. The first-order valence-corrected chi connectivity index (χ1v) is 5.32. The molecule has 0 heterocycles. The average Bonchev–Trinajstić information content (AvgIpc) is 2.38. The van der Waals surface area contributed by atoms with E-state index in [4.69, 9.17) is 15.2 Å². The third-order valence-corrected chi connectivity index (χ3v) is 2.63. The van der Waals surface area contributed by atoms with E-state index in [0.717, 1.165) is 16.9 Å². The number of hydrogen-bond donors (Lipinski definition) is 1. The molecule has 0 fully saturated rings. The summed E-state index contributed by atoms with van der Waals surface area (Å²) in [6.07, 6.45) is 0. The van der Waals surface area contributed by atoms with Crippen molar-refractivity contribution in [3.8, 4) is 22.6 Å². The summed E-state index contributed by atoms with van der Waals surface area (Å²) in [4.78, 5) is 0. The Morgan fingerprint density at radius 1 is 0.882 bits per heavy atom. The first kappa shape index (κ1) is 11.3. The molecule has 0 aliphatic heterocycles. The molecule has 0 aliphatic rings. The molecule has 2 rings (SSSR count). The van der Waals surface area contributed by atoms with E-state index in [1.54, 1.807) is 14.2 Å². The lowest BCUT2D eigenvalue weighted by Gasteiger charge is -2.08. The summed E-state index contributed by atoms with van der Waals surface area (Å²) in [7, 11) is 3.26. The molecule has 0 aliphatic carbocycles. The highest BCUT2D eigenvalue weighted by molar-refractivity contribution is 5.71. The second kappa shape index (κ2) is 4.78. The second-order valence-corrected chi connectivity index (χ2v) is 3.69. The van der Waals surface area contributed by atoms with Gasteiger partial charge >= 0.3 is 0 Å². The predicted octanol–water partition coefficient (Wildman–Crippen LogP) is 2.95. The van der Waals surface area contributed by atoms with Gasteiger partial charge in [-0.05, 0) is 35.4 Å². The van der Waals surface area contributed by atoms with Crippen LogP contribution < -0.4 is 15.2 Å². The molecule has 3 nitrogen and oxygen atoms in total. The van der Waals surface area contributed by atoms with E-state index in [-0.39, 0.29) is 0 Å². The first-order valence-electron chi connectivity index (χ1n) is 5.32. The van der Waals surface area contributed by atoms with Gasteiger partial charge in [-0.3, -0.25) is 0 Å². The number of rotatable bonds is 3. The van der Waals surface area contributed by atoms with E-state index in [1.165, 1.54) is 0 Å². The molecular formula is C14H15NO2. The topological polar surface area (TPSA) is 44.5 Å². The Kier molecular flexibility index (Phi) is 3.19. The minimum absolute atomic E-state index is 0.632. The monoisotopic (exact) mass is 229 g/mol. The Bertz CT molecular complexity index is 523. The van der Waals surface area contributed by atoms with Crippen LogP contribution in [0.3, 0.4) is 0 Å². The van der Waals surface area contributed by atoms with Gasteiger partial charge in [-0.1, -0.05) is 18.2 Å². The smallest absolute Gasteiger partial charge is 0.141 e. The maximum absolute atomic E-state index is 5.88. The molecule has 0 spiro atoms. The normalized spacial score (nSPS) is 10.0. The maximum Gasteiger partial charge on any atom is 0.141 e. The molecule has 0 saturated heterocycles. The third kappa shape index (κ3) is 2.33. The van der Waals surface area contributed by atoms with Gasteiger partial charge in [0.15, 0.2) is 0 Å². The SMILES string of the molecule is COc1cccc(-c2ccc(OC)c(N)c2)c1. The Morgan fingerprint density at radius 2 is 1.65 bits per heavy atom. The highest BCUT2D eigenvalue weighted by atomic mass is 16.5. The van der Waals surface area contributed by atoms with Gasteiger partial charge in [-0.15, -0.1) is 0 Å². The lowest BCUT2D eigenvalue weighted by molar-refractivity contribution is 0.415. The summed E-state index contributed by atoms with van der Waals surface area (Å²) in [5.74, 6) is 1.52. The lowest BCUT2D eigenvalue weighted by Crippen LogP contribution is -1.92. The van der Waals surface area contributed by atoms with Crippen molar-refractivity contribution in [2.75, 3.05) is 20.0 Å². The molecule has 0 saturated carbocycles. The zero-order valence-corrected chi connectivity index (χ0v) is 9.94. The quantitative estimate of drug-likeness (QED) is 0.823. The van der Waals surface area contributed by atoms with Gasteiger partial charge in [0.05, 0.1) is 19.9 Å². The van der Waals surface area contributed by atoms with Gasteiger partial charge in [0, 0.05) is 0 Å². The van der Waals surface area contributed by atoms with Crippen molar-refractivity contribution < 1.29 is 9.47 Å². The van der Waals surface area contributed by atoms with Crippen LogP contribution in [-0.2, 0) is 0 Å². The number of anilines is 1. The Balaban J connectivity index is 2.42. The summed E-state index contributed by atoms with van der Waals surface area (Å²) in [5.41, 5.74) is 8.63. The zero-order valence-electron chi connectivity index (χ0n) is 9.94. The van der Waals surface area contributed by atoms with E-state index in [1.807, 2.05) is 42.5 Å². The number of ether oxygens (including phenoxy) is 2. The van der Waals surface area contributed by atoms with Crippen LogP contribution in [0.1, 0.15) is 0 Å². The Morgan fingerprint density at radius 3 is 2.29 bits per heavy atom. The van der Waals surface area contributed by atoms with Crippen LogP contribution in [0.25, 0.3) is 11.1 Å². The van der Waals surface area contributed by atoms with Gasteiger partial charge in [0.2, 0.25) is 0 Å². The number of methoxy groups -OCH3 is 2. The minimum atomic E-state index is 0.632. The van der Waals surface area contributed by atoms with E-state index in [9.17, 15) is 0 Å². The largest absolute Gasteiger partial charge is 0.497 e. The molecule has 2 aromatic rings. The molecule has 0 aromatic heterocycles. The highest BCUT2D eigenvalue weighted by Gasteiger charge is 2.03. The van der Waals surface area contributed by atoms with E-state index in [0.29, 0.717) is 11.4 Å². The third-order valence-electron chi connectivity index (χ3n) is 2.63. The van der Waals surface area contributed by atoms with Crippen LogP contribution in [0.2, 0.25) is 0 Å². The summed E-state index contributed by atoms with van der Waals surface area (Å²) in [6, 6.07) is 13.6. The zero-order chi connectivity index (χ0) is 12.3. The van der Waals surface area contributed by atoms with Crippen molar-refractivity contribution in [1.29, 1.82) is 0 Å². The molecule has 88 valence electrons. The van der Waals surface area contributed by atoms with Crippen molar-refractivity contribution in [3.63, 3.8) is 0 Å². The van der Waals surface area contributed by atoms with Gasteiger partial charge < -0.3 is 15.2 Å². The molecule has 2 aromatic carbocycles. The fourth-order valence-corrected chi connectivity index (χ4v) is 1.72. The average molecular weight is 229 g/mol. The number of benzene rings is 2. The van der Waals surface area contributed by atoms with Crippen LogP contribution in [0.15, 0.2) is 42.5 Å². The van der Waals surface area contributed by atoms with Crippen LogP contribution in [0.5, 0.6) is 11.5 Å². The standard InChI is InChI=1S/C14H15NO2/c1-16-12-5-3-4-10(8-12)11-6-7-14(17-2)13(15)9-11/h3-9H,15H2,1-2H3. The number of nitrogen functional groups attached to an aromatic ring is 1. The minimum Gasteiger partial charge on any atom is -0.497 e. The second-order valence-electron chi connectivity index (χ2n) is 3.69. The van der Waals surface area contributed by atoms with Gasteiger partial charge in [-0.25, -0.2) is 0 Å². The Hall–Kier alpha value is -2.16. The molecule has 2 N–H and O–H groups in total. The molecular weight excluding hydrogens is 214 g/mol. The molecule has 0 atom stereocenters. The summed E-state index contributed by atoms with van der Waals surface area (Å²) in [6.45, 7) is 0. The number of nitrogens with two attached hydrogens (primary N) is 1. The van der Waals surface area contributed by atoms with Gasteiger partial charge in [0.25, 0.3) is 0 Å². The molecule has 3 heteroatoms. The maximum atomic E-state index is 5.88. The van der Waals surface area contributed by atoms with Gasteiger partial charge in [0.1, 0.15) is 11.5 Å². The molecule has 0 amide bonds. The van der Waals surface area contributed by atoms with Gasteiger partial charge in [-0.2, -0.15) is 0 Å². The van der Waals surface area contributed by atoms with E-state index >= 15 is 0 Å². The molecule has 0 radical (unpaired) electrons. The first-order chi connectivity index (χ1) is 8.24. The fraction of sp³-hybridized carbons (Fsp3) is 0.143.